The second-order valence-electron chi connectivity index (χ2n) is 9.43. The molecule has 0 fully saturated rings. The molecule has 0 heterocycles. The summed E-state index contributed by atoms with van der Waals surface area (Å²) < 4.78 is 184. The van der Waals surface area contributed by atoms with Gasteiger partial charge in [0.1, 0.15) is 11.9 Å². The molecule has 0 aliphatic carbocycles. The van der Waals surface area contributed by atoms with Crippen LogP contribution in [0.3, 0.4) is 0 Å². The van der Waals surface area contributed by atoms with E-state index in [9.17, 15) is 57.3 Å². The van der Waals surface area contributed by atoms with Crippen molar-refractivity contribution in [2.45, 2.75) is 81.7 Å². The van der Waals surface area contributed by atoms with E-state index in [1.807, 2.05) is 0 Å². The van der Waals surface area contributed by atoms with Gasteiger partial charge in [-0.1, -0.05) is 31.3 Å². The fourth-order valence-electron chi connectivity index (χ4n) is 3.27. The average Bonchev–Trinajstić information content (AvgIpc) is 2.67. The van der Waals surface area contributed by atoms with Gasteiger partial charge >= 0.3 is 37.7 Å². The van der Waals surface area contributed by atoms with Crippen LogP contribution in [-0.4, -0.2) is 51.0 Å². The zero-order valence-electron chi connectivity index (χ0n) is 20.1. The average molecular weight is 600 g/mol. The van der Waals surface area contributed by atoms with Gasteiger partial charge in [-0.2, -0.15) is 52.7 Å². The van der Waals surface area contributed by atoms with Crippen LogP contribution >= 0.6 is 7.60 Å². The van der Waals surface area contributed by atoms with Gasteiger partial charge in [0, 0.05) is 13.1 Å². The number of para-hydroxylation sites is 1. The number of aryl methyl sites for hydroxylation is 2. The van der Waals surface area contributed by atoms with Crippen molar-refractivity contribution in [1.29, 1.82) is 0 Å². The molecular weight excluding hydrogens is 575 g/mol. The molecule has 0 aliphatic rings. The number of rotatable bonds is 11. The first-order chi connectivity index (χ1) is 16.2. The largest absolute Gasteiger partial charge is 0.460 e. The van der Waals surface area contributed by atoms with Crippen molar-refractivity contribution in [2.75, 3.05) is 6.66 Å². The Hall–Kier alpha value is -1.41. The van der Waals surface area contributed by atoms with Gasteiger partial charge in [0.25, 0.3) is 0 Å². The van der Waals surface area contributed by atoms with Gasteiger partial charge in [0.2, 0.25) is 0 Å². The van der Waals surface area contributed by atoms with Gasteiger partial charge < -0.3 is 4.52 Å². The summed E-state index contributed by atoms with van der Waals surface area (Å²) in [5.74, 6) is -21.0. The summed E-state index contributed by atoms with van der Waals surface area (Å²) in [7, 11) is -8.70. The van der Waals surface area contributed by atoms with E-state index in [0.717, 1.165) is 13.1 Å². The lowest BCUT2D eigenvalue weighted by Crippen LogP contribution is -2.65. The van der Waals surface area contributed by atoms with E-state index in [1.54, 1.807) is 0 Å². The van der Waals surface area contributed by atoms with E-state index in [2.05, 4.69) is 4.52 Å². The van der Waals surface area contributed by atoms with Crippen LogP contribution in [-0.2, 0) is 9.09 Å². The highest BCUT2D eigenvalue weighted by atomic mass is 31.2. The zero-order valence-corrected chi connectivity index (χ0v) is 22.0. The van der Waals surface area contributed by atoms with Gasteiger partial charge in [-0.25, -0.2) is 4.57 Å². The van der Waals surface area contributed by atoms with Gasteiger partial charge in [-0.15, -0.1) is 0 Å². The third-order valence-corrected chi connectivity index (χ3v) is 9.61. The second kappa shape index (κ2) is 10.6. The predicted octanol–water partition coefficient (Wildman–Crippen LogP) is 9.02. The van der Waals surface area contributed by atoms with Gasteiger partial charge in [0.05, 0.1) is 8.07 Å². The van der Waals surface area contributed by atoms with Crippen LogP contribution in [0.4, 0.5) is 52.7 Å². The topological polar surface area (TPSA) is 35.5 Å². The van der Waals surface area contributed by atoms with Crippen molar-refractivity contribution in [3.63, 3.8) is 0 Å². The molecule has 1 aromatic rings. The number of hydrogen-bond acceptors (Lipinski definition) is 3. The summed E-state index contributed by atoms with van der Waals surface area (Å²) in [4.78, 5) is 0. The van der Waals surface area contributed by atoms with Crippen LogP contribution < -0.4 is 4.52 Å². The Morgan fingerprint density at radius 1 is 0.865 bits per heavy atom. The number of alkyl halides is 12. The molecule has 0 saturated carbocycles. The maximum absolute atomic E-state index is 14.9. The quantitative estimate of drug-likeness (QED) is 0.145. The van der Waals surface area contributed by atoms with Crippen LogP contribution in [0.25, 0.3) is 0 Å². The standard InChI is InChI=1S/C20H25F12O3PSi/c1-12-7-6-8-13(2)15(12)35-36(3,33)34-14(11-37(4,5)10-9-16(21,22)23)17(24,25)18(26,27)19(28,29)20(30,31)32/h6-8,14H,9-11H2,1-5H3. The van der Waals surface area contributed by atoms with Crippen LogP contribution in [0.1, 0.15) is 17.5 Å². The smallest absolute Gasteiger partial charge is 0.424 e. The molecule has 2 unspecified atom stereocenters. The fourth-order valence-corrected chi connectivity index (χ4v) is 7.25. The van der Waals surface area contributed by atoms with Crippen molar-refractivity contribution in [3.8, 4) is 5.75 Å². The second-order valence-corrected chi connectivity index (χ2v) is 16.6. The number of benzene rings is 1. The summed E-state index contributed by atoms with van der Waals surface area (Å²) in [5.41, 5.74) is 0.505. The Balaban J connectivity index is 3.55. The van der Waals surface area contributed by atoms with E-state index in [4.69, 9.17) is 4.52 Å². The molecule has 0 spiro atoms. The lowest BCUT2D eigenvalue weighted by Gasteiger charge is -2.40. The van der Waals surface area contributed by atoms with Crippen molar-refractivity contribution in [1.82, 2.24) is 0 Å². The van der Waals surface area contributed by atoms with E-state index in [0.29, 0.717) is 6.66 Å². The minimum Gasteiger partial charge on any atom is -0.424 e. The molecule has 1 rings (SSSR count). The SMILES string of the molecule is Cc1cccc(C)c1OP(C)(=O)OC(C[Si](C)(C)CCC(F)(F)F)C(F)(F)C(F)(F)C(F)(F)C(F)(F)F. The maximum Gasteiger partial charge on any atom is 0.460 e. The van der Waals surface area contributed by atoms with Crippen LogP contribution in [0.5, 0.6) is 5.75 Å². The summed E-state index contributed by atoms with van der Waals surface area (Å²) >= 11 is 0. The molecule has 0 radical (unpaired) electrons. The van der Waals surface area contributed by atoms with Crippen LogP contribution in [0.2, 0.25) is 25.2 Å². The monoisotopic (exact) mass is 600 g/mol. The summed E-state index contributed by atoms with van der Waals surface area (Å²) in [6.45, 7) is 5.27. The Labute approximate surface area is 206 Å². The third kappa shape index (κ3) is 8.04. The van der Waals surface area contributed by atoms with Crippen LogP contribution in [0.15, 0.2) is 18.2 Å². The molecule has 37 heavy (non-hydrogen) atoms. The molecule has 17 heteroatoms. The molecule has 3 nitrogen and oxygen atoms in total. The number of hydrogen-bond donors (Lipinski definition) is 0. The Kier molecular flexibility index (Phi) is 9.66. The minimum absolute atomic E-state index is 0.226. The molecule has 1 aromatic carbocycles. The lowest BCUT2D eigenvalue weighted by molar-refractivity contribution is -0.403. The Morgan fingerprint density at radius 2 is 1.32 bits per heavy atom. The highest BCUT2D eigenvalue weighted by molar-refractivity contribution is 7.53. The highest BCUT2D eigenvalue weighted by Crippen LogP contribution is 2.58. The fraction of sp³-hybridized carbons (Fsp3) is 0.700. The van der Waals surface area contributed by atoms with Crippen LogP contribution in [0, 0.1) is 13.8 Å². The van der Waals surface area contributed by atoms with Crippen molar-refractivity contribution in [2.24, 2.45) is 0 Å². The molecule has 0 aromatic heterocycles. The Bertz CT molecular complexity index is 972. The first-order valence-corrected chi connectivity index (χ1v) is 15.9. The molecule has 0 bridgehead atoms. The molecule has 0 aliphatic heterocycles. The minimum atomic E-state index is -7.27. The molecule has 0 amide bonds. The Morgan fingerprint density at radius 3 is 1.73 bits per heavy atom. The zero-order chi connectivity index (χ0) is 29.5. The number of halogens is 12. The lowest BCUT2D eigenvalue weighted by atomic mass is 10.00. The predicted molar refractivity (Wildman–Crippen MR) is 114 cm³/mol. The summed E-state index contributed by atoms with van der Waals surface area (Å²) in [5, 5.41) is 0. The molecule has 0 N–H and O–H groups in total. The first-order valence-electron chi connectivity index (χ1n) is 10.5. The van der Waals surface area contributed by atoms with Gasteiger partial charge in [-0.05, 0) is 37.1 Å². The van der Waals surface area contributed by atoms with E-state index in [-0.39, 0.29) is 16.9 Å². The van der Waals surface area contributed by atoms with E-state index >= 15 is 0 Å². The first kappa shape index (κ1) is 33.6. The van der Waals surface area contributed by atoms with Gasteiger partial charge in [-0.3, -0.25) is 4.52 Å². The summed E-state index contributed by atoms with van der Waals surface area (Å²) in [6, 6.07) is 1.94. The molecular formula is C20H25F12O3PSi. The maximum atomic E-state index is 14.9. The van der Waals surface area contributed by atoms with E-state index in [1.165, 1.54) is 32.0 Å². The normalized spacial score (nSPS) is 16.9. The summed E-state index contributed by atoms with van der Waals surface area (Å²) in [6.07, 6.45) is -17.1. The molecule has 2 atom stereocenters. The molecule has 0 saturated heterocycles. The molecule has 216 valence electrons. The van der Waals surface area contributed by atoms with Crippen molar-refractivity contribution < 1.29 is 66.3 Å². The van der Waals surface area contributed by atoms with E-state index < -0.39 is 70.4 Å². The third-order valence-electron chi connectivity index (χ3n) is 5.38. The van der Waals surface area contributed by atoms with Crippen molar-refractivity contribution >= 4 is 15.7 Å². The van der Waals surface area contributed by atoms with Gasteiger partial charge in [0.15, 0.2) is 0 Å². The highest BCUT2D eigenvalue weighted by Gasteiger charge is 2.83. The van der Waals surface area contributed by atoms with Crippen molar-refractivity contribution in [3.05, 3.63) is 29.3 Å².